The Kier molecular flexibility index (Phi) is 3.42. The van der Waals surface area contributed by atoms with Gasteiger partial charge >= 0.3 is 0 Å². The number of rotatable bonds is 3. The molecule has 14 heavy (non-hydrogen) atoms. The summed E-state index contributed by atoms with van der Waals surface area (Å²) in [4.78, 5) is 2.58. The van der Waals surface area contributed by atoms with Crippen LogP contribution in [0.3, 0.4) is 0 Å². The fourth-order valence-electron chi connectivity index (χ4n) is 2.58. The summed E-state index contributed by atoms with van der Waals surface area (Å²) in [6.45, 7) is 6.90. The van der Waals surface area contributed by atoms with Crippen molar-refractivity contribution in [1.29, 1.82) is 0 Å². The normalized spacial score (nSPS) is 39.4. The first-order valence-corrected chi connectivity index (χ1v) is 5.81. The van der Waals surface area contributed by atoms with Gasteiger partial charge in [-0.15, -0.1) is 0 Å². The lowest BCUT2D eigenvalue weighted by atomic mass is 10.0. The Morgan fingerprint density at radius 1 is 1.43 bits per heavy atom. The van der Waals surface area contributed by atoms with Crippen molar-refractivity contribution in [2.75, 3.05) is 33.3 Å². The zero-order valence-corrected chi connectivity index (χ0v) is 9.33. The molecule has 2 aliphatic rings. The van der Waals surface area contributed by atoms with Gasteiger partial charge in [0.2, 0.25) is 0 Å². The van der Waals surface area contributed by atoms with E-state index in [2.05, 4.69) is 24.2 Å². The van der Waals surface area contributed by atoms with Crippen LogP contribution in [0.1, 0.15) is 19.8 Å². The first kappa shape index (κ1) is 10.4. The highest BCUT2D eigenvalue weighted by atomic mass is 16.5. The molecule has 3 unspecified atom stereocenters. The lowest BCUT2D eigenvalue weighted by molar-refractivity contribution is 0.0955. The first-order chi connectivity index (χ1) is 6.79. The summed E-state index contributed by atoms with van der Waals surface area (Å²) in [5, 5.41) is 3.36. The maximum Gasteiger partial charge on any atom is 0.0588 e. The van der Waals surface area contributed by atoms with Gasteiger partial charge in [-0.05, 0) is 39.3 Å². The van der Waals surface area contributed by atoms with E-state index >= 15 is 0 Å². The van der Waals surface area contributed by atoms with E-state index in [9.17, 15) is 0 Å². The largest absolute Gasteiger partial charge is 0.378 e. The lowest BCUT2D eigenvalue weighted by Crippen LogP contribution is -2.34. The van der Waals surface area contributed by atoms with E-state index in [1.165, 1.54) is 32.5 Å². The lowest BCUT2D eigenvalue weighted by Gasteiger charge is -2.22. The van der Waals surface area contributed by atoms with Crippen LogP contribution in [-0.2, 0) is 4.74 Å². The molecule has 3 heteroatoms. The third-order valence-electron chi connectivity index (χ3n) is 3.71. The number of likely N-dealkylation sites (tertiary alicyclic amines) is 1. The van der Waals surface area contributed by atoms with E-state index in [0.29, 0.717) is 12.1 Å². The number of nitrogens with one attached hydrogen (secondary N) is 1. The van der Waals surface area contributed by atoms with Gasteiger partial charge in [0.15, 0.2) is 0 Å². The van der Waals surface area contributed by atoms with Crippen molar-refractivity contribution in [1.82, 2.24) is 10.2 Å². The zero-order valence-electron chi connectivity index (χ0n) is 9.33. The third kappa shape index (κ3) is 2.27. The van der Waals surface area contributed by atoms with Gasteiger partial charge in [0, 0.05) is 25.7 Å². The van der Waals surface area contributed by atoms with Crippen molar-refractivity contribution < 1.29 is 4.74 Å². The third-order valence-corrected chi connectivity index (χ3v) is 3.71. The Morgan fingerprint density at radius 2 is 2.29 bits per heavy atom. The van der Waals surface area contributed by atoms with E-state index < -0.39 is 0 Å². The highest BCUT2D eigenvalue weighted by Gasteiger charge is 2.29. The molecule has 2 rings (SSSR count). The van der Waals surface area contributed by atoms with Crippen LogP contribution >= 0.6 is 0 Å². The molecule has 0 spiro atoms. The van der Waals surface area contributed by atoms with E-state index in [4.69, 9.17) is 4.74 Å². The molecular weight excluding hydrogens is 176 g/mol. The topological polar surface area (TPSA) is 24.5 Å². The molecule has 0 saturated carbocycles. The molecule has 0 aromatic rings. The van der Waals surface area contributed by atoms with Crippen LogP contribution in [0.5, 0.6) is 0 Å². The maximum atomic E-state index is 5.59. The van der Waals surface area contributed by atoms with E-state index in [1.807, 2.05) is 0 Å². The molecule has 0 aromatic carbocycles. The smallest absolute Gasteiger partial charge is 0.0588 e. The van der Waals surface area contributed by atoms with Crippen molar-refractivity contribution in [3.05, 3.63) is 0 Å². The Labute approximate surface area is 86.8 Å². The monoisotopic (exact) mass is 198 g/mol. The van der Waals surface area contributed by atoms with Gasteiger partial charge < -0.3 is 15.0 Å². The molecule has 2 fully saturated rings. The summed E-state index contributed by atoms with van der Waals surface area (Å²) in [6.07, 6.45) is 3.03. The van der Waals surface area contributed by atoms with Crippen LogP contribution in [0.4, 0.5) is 0 Å². The molecule has 2 aliphatic heterocycles. The van der Waals surface area contributed by atoms with Crippen molar-refractivity contribution >= 4 is 0 Å². The maximum absolute atomic E-state index is 5.59. The Hall–Kier alpha value is -0.120. The molecule has 82 valence electrons. The average molecular weight is 198 g/mol. The minimum absolute atomic E-state index is 0.476. The number of likely N-dealkylation sites (N-methyl/N-ethyl adjacent to an activating group) is 1. The SMILES string of the molecule is CNC1CCN(CC2CCOC2C)C1. The van der Waals surface area contributed by atoms with Crippen molar-refractivity contribution in [2.24, 2.45) is 5.92 Å². The van der Waals surface area contributed by atoms with Crippen LogP contribution in [-0.4, -0.2) is 50.3 Å². The fraction of sp³-hybridized carbons (Fsp3) is 1.00. The minimum atomic E-state index is 0.476. The zero-order chi connectivity index (χ0) is 9.97. The molecule has 0 radical (unpaired) electrons. The standard InChI is InChI=1S/C11H22N2O/c1-9-10(4-6-14-9)7-13-5-3-11(8-13)12-2/h9-12H,3-8H2,1-2H3. The van der Waals surface area contributed by atoms with Crippen LogP contribution in [0.25, 0.3) is 0 Å². The van der Waals surface area contributed by atoms with Gasteiger partial charge in [0.05, 0.1) is 6.10 Å². The number of nitrogens with zero attached hydrogens (tertiary/aromatic N) is 1. The van der Waals surface area contributed by atoms with E-state index in [0.717, 1.165) is 12.5 Å². The Balaban J connectivity index is 1.75. The summed E-state index contributed by atoms with van der Waals surface area (Å²) in [6, 6.07) is 0.715. The molecule has 3 nitrogen and oxygen atoms in total. The Morgan fingerprint density at radius 3 is 2.86 bits per heavy atom. The molecule has 0 amide bonds. The van der Waals surface area contributed by atoms with Gasteiger partial charge in [0.25, 0.3) is 0 Å². The van der Waals surface area contributed by atoms with Crippen LogP contribution < -0.4 is 5.32 Å². The molecule has 0 bridgehead atoms. The first-order valence-electron chi connectivity index (χ1n) is 5.81. The second-order valence-corrected chi connectivity index (χ2v) is 4.66. The number of ether oxygens (including phenoxy) is 1. The van der Waals surface area contributed by atoms with Crippen molar-refractivity contribution in [2.45, 2.75) is 31.9 Å². The second-order valence-electron chi connectivity index (χ2n) is 4.66. The summed E-state index contributed by atoms with van der Waals surface area (Å²) in [5.41, 5.74) is 0. The molecule has 2 heterocycles. The summed E-state index contributed by atoms with van der Waals surface area (Å²) in [5.74, 6) is 0.769. The molecule has 2 saturated heterocycles. The highest BCUT2D eigenvalue weighted by molar-refractivity contribution is 4.83. The van der Waals surface area contributed by atoms with Gasteiger partial charge in [-0.2, -0.15) is 0 Å². The number of hydrogen-bond acceptors (Lipinski definition) is 3. The van der Waals surface area contributed by atoms with Gasteiger partial charge in [-0.3, -0.25) is 0 Å². The predicted molar refractivity (Wildman–Crippen MR) is 57.4 cm³/mol. The van der Waals surface area contributed by atoms with Crippen molar-refractivity contribution in [3.8, 4) is 0 Å². The van der Waals surface area contributed by atoms with Gasteiger partial charge in [0.1, 0.15) is 0 Å². The van der Waals surface area contributed by atoms with E-state index in [1.54, 1.807) is 0 Å². The number of hydrogen-bond donors (Lipinski definition) is 1. The minimum Gasteiger partial charge on any atom is -0.378 e. The molecule has 0 aromatic heterocycles. The van der Waals surface area contributed by atoms with Crippen LogP contribution in [0, 0.1) is 5.92 Å². The molecule has 1 N–H and O–H groups in total. The summed E-state index contributed by atoms with van der Waals surface area (Å²) < 4.78 is 5.59. The predicted octanol–water partition coefficient (Wildman–Crippen LogP) is 0.705. The quantitative estimate of drug-likeness (QED) is 0.722. The van der Waals surface area contributed by atoms with E-state index in [-0.39, 0.29) is 0 Å². The summed E-state index contributed by atoms with van der Waals surface area (Å²) >= 11 is 0. The van der Waals surface area contributed by atoms with Crippen LogP contribution in [0.2, 0.25) is 0 Å². The van der Waals surface area contributed by atoms with Crippen molar-refractivity contribution in [3.63, 3.8) is 0 Å². The fourth-order valence-corrected chi connectivity index (χ4v) is 2.58. The second kappa shape index (κ2) is 4.60. The molecule has 0 aliphatic carbocycles. The molecular formula is C11H22N2O. The highest BCUT2D eigenvalue weighted by Crippen LogP contribution is 2.23. The van der Waals surface area contributed by atoms with Crippen LogP contribution in [0.15, 0.2) is 0 Å². The summed E-state index contributed by atoms with van der Waals surface area (Å²) in [7, 11) is 2.06. The molecule has 3 atom stereocenters. The van der Waals surface area contributed by atoms with Gasteiger partial charge in [-0.1, -0.05) is 0 Å². The Bertz CT molecular complexity index is 186. The average Bonchev–Trinajstić information content (AvgIpc) is 2.77. The van der Waals surface area contributed by atoms with Gasteiger partial charge in [-0.25, -0.2) is 0 Å².